The molecular weight excluding hydrogens is 212 g/mol. The Bertz CT molecular complexity index is 388. The molecule has 0 radical (unpaired) electrons. The van der Waals surface area contributed by atoms with Gasteiger partial charge in [-0.05, 0) is 6.07 Å². The molecule has 0 aliphatic carbocycles. The monoisotopic (exact) mass is 224 g/mol. The SMILES string of the molecule is NCCN=C(N)Nc1ccc([N+](=O)[O-])cn1. The highest BCUT2D eigenvalue weighted by Crippen LogP contribution is 2.11. The molecule has 0 bridgehead atoms. The van der Waals surface area contributed by atoms with E-state index in [1.54, 1.807) is 0 Å². The van der Waals surface area contributed by atoms with Crippen molar-refractivity contribution in [2.45, 2.75) is 0 Å². The molecule has 0 fully saturated rings. The van der Waals surface area contributed by atoms with Crippen LogP contribution >= 0.6 is 0 Å². The molecule has 1 aromatic rings. The minimum Gasteiger partial charge on any atom is -0.370 e. The molecule has 8 heteroatoms. The number of nitro groups is 1. The number of nitrogens with one attached hydrogen (secondary N) is 1. The molecule has 8 nitrogen and oxygen atoms in total. The van der Waals surface area contributed by atoms with Crippen LogP contribution in [0.4, 0.5) is 11.5 Å². The van der Waals surface area contributed by atoms with E-state index in [-0.39, 0.29) is 11.6 Å². The Labute approximate surface area is 91.5 Å². The Balaban J connectivity index is 2.65. The van der Waals surface area contributed by atoms with E-state index in [1.165, 1.54) is 12.1 Å². The van der Waals surface area contributed by atoms with Crippen molar-refractivity contribution in [1.82, 2.24) is 4.98 Å². The van der Waals surface area contributed by atoms with Crippen molar-refractivity contribution in [2.75, 3.05) is 18.4 Å². The number of aromatic nitrogens is 1. The van der Waals surface area contributed by atoms with Gasteiger partial charge in [-0.2, -0.15) is 0 Å². The van der Waals surface area contributed by atoms with Gasteiger partial charge in [0, 0.05) is 12.6 Å². The molecule has 0 aromatic carbocycles. The van der Waals surface area contributed by atoms with Crippen LogP contribution in [0.15, 0.2) is 23.3 Å². The van der Waals surface area contributed by atoms with Gasteiger partial charge in [0.15, 0.2) is 5.96 Å². The summed E-state index contributed by atoms with van der Waals surface area (Å²) in [6.45, 7) is 0.807. The predicted octanol–water partition coefficient (Wildman–Crippen LogP) is -0.325. The normalized spacial score (nSPS) is 11.2. The van der Waals surface area contributed by atoms with Crippen molar-refractivity contribution in [3.8, 4) is 0 Å². The van der Waals surface area contributed by atoms with Gasteiger partial charge in [0.2, 0.25) is 0 Å². The number of pyridine rings is 1. The molecule has 0 spiro atoms. The van der Waals surface area contributed by atoms with Gasteiger partial charge in [-0.1, -0.05) is 0 Å². The molecule has 0 aliphatic rings. The maximum absolute atomic E-state index is 10.4. The summed E-state index contributed by atoms with van der Waals surface area (Å²) in [7, 11) is 0. The first-order valence-electron chi connectivity index (χ1n) is 4.51. The van der Waals surface area contributed by atoms with Crippen LogP contribution in [-0.4, -0.2) is 29.0 Å². The van der Waals surface area contributed by atoms with E-state index >= 15 is 0 Å². The highest BCUT2D eigenvalue weighted by atomic mass is 16.6. The van der Waals surface area contributed by atoms with Gasteiger partial charge in [0.25, 0.3) is 5.69 Å². The molecule has 1 heterocycles. The molecule has 5 N–H and O–H groups in total. The Kier molecular flexibility index (Phi) is 4.16. The Morgan fingerprint density at radius 3 is 2.88 bits per heavy atom. The second-order valence-corrected chi connectivity index (χ2v) is 2.84. The zero-order valence-electron chi connectivity index (χ0n) is 8.46. The fourth-order valence-electron chi connectivity index (χ4n) is 0.924. The number of hydrogen-bond donors (Lipinski definition) is 3. The van der Waals surface area contributed by atoms with E-state index in [0.717, 1.165) is 6.20 Å². The summed E-state index contributed by atoms with van der Waals surface area (Å²) in [6, 6.07) is 2.77. The summed E-state index contributed by atoms with van der Waals surface area (Å²) < 4.78 is 0. The fraction of sp³-hybridized carbons (Fsp3) is 0.250. The second-order valence-electron chi connectivity index (χ2n) is 2.84. The third kappa shape index (κ3) is 3.50. The highest BCUT2D eigenvalue weighted by molar-refractivity contribution is 5.91. The van der Waals surface area contributed by atoms with Crippen LogP contribution in [0.2, 0.25) is 0 Å². The van der Waals surface area contributed by atoms with Gasteiger partial charge >= 0.3 is 0 Å². The lowest BCUT2D eigenvalue weighted by Gasteiger charge is -2.03. The molecule has 86 valence electrons. The van der Waals surface area contributed by atoms with Gasteiger partial charge < -0.3 is 16.8 Å². The molecule has 1 aromatic heterocycles. The van der Waals surface area contributed by atoms with Crippen molar-refractivity contribution in [3.63, 3.8) is 0 Å². The highest BCUT2D eigenvalue weighted by Gasteiger charge is 2.05. The molecule has 1 rings (SSSR count). The van der Waals surface area contributed by atoms with Crippen LogP contribution in [0.25, 0.3) is 0 Å². The van der Waals surface area contributed by atoms with Gasteiger partial charge in [-0.15, -0.1) is 0 Å². The standard InChI is InChI=1S/C8H12N6O2/c9-3-4-11-8(10)13-7-2-1-6(5-12-7)14(15)16/h1-2,5H,3-4,9H2,(H3,10,11,12,13). The van der Waals surface area contributed by atoms with Gasteiger partial charge in [-0.25, -0.2) is 4.98 Å². The average molecular weight is 224 g/mol. The lowest BCUT2D eigenvalue weighted by atomic mass is 10.4. The average Bonchev–Trinajstić information content (AvgIpc) is 2.27. The summed E-state index contributed by atoms with van der Waals surface area (Å²) >= 11 is 0. The van der Waals surface area contributed by atoms with E-state index < -0.39 is 4.92 Å². The molecule has 0 aliphatic heterocycles. The first-order valence-corrected chi connectivity index (χ1v) is 4.51. The number of anilines is 1. The van der Waals surface area contributed by atoms with Gasteiger partial charge in [-0.3, -0.25) is 15.1 Å². The van der Waals surface area contributed by atoms with E-state index in [2.05, 4.69) is 15.3 Å². The van der Waals surface area contributed by atoms with Gasteiger partial charge in [0.1, 0.15) is 12.0 Å². The number of aliphatic imine (C=N–C) groups is 1. The van der Waals surface area contributed by atoms with E-state index in [0.29, 0.717) is 18.9 Å². The van der Waals surface area contributed by atoms with Crippen molar-refractivity contribution >= 4 is 17.5 Å². The number of nitrogens with zero attached hydrogens (tertiary/aromatic N) is 3. The second kappa shape index (κ2) is 5.61. The maximum Gasteiger partial charge on any atom is 0.287 e. The van der Waals surface area contributed by atoms with Crippen LogP contribution in [0, 0.1) is 10.1 Å². The molecule has 16 heavy (non-hydrogen) atoms. The summed E-state index contributed by atoms with van der Waals surface area (Å²) in [6.07, 6.45) is 1.14. The summed E-state index contributed by atoms with van der Waals surface area (Å²) in [4.78, 5) is 17.5. The van der Waals surface area contributed by atoms with Crippen LogP contribution in [0.5, 0.6) is 0 Å². The van der Waals surface area contributed by atoms with Crippen molar-refractivity contribution < 1.29 is 4.92 Å². The Morgan fingerprint density at radius 2 is 2.38 bits per heavy atom. The smallest absolute Gasteiger partial charge is 0.287 e. The first-order chi connectivity index (χ1) is 7.63. The quantitative estimate of drug-likeness (QED) is 0.278. The number of nitrogens with two attached hydrogens (primary N) is 2. The molecule has 0 unspecified atom stereocenters. The van der Waals surface area contributed by atoms with Crippen molar-refractivity contribution in [1.29, 1.82) is 0 Å². The minimum atomic E-state index is -0.525. The third-order valence-corrected chi connectivity index (χ3v) is 1.63. The predicted molar refractivity (Wildman–Crippen MR) is 60.1 cm³/mol. The van der Waals surface area contributed by atoms with Crippen LogP contribution in [0.1, 0.15) is 0 Å². The number of rotatable bonds is 4. The zero-order valence-corrected chi connectivity index (χ0v) is 8.46. The summed E-state index contributed by atoms with van der Waals surface area (Å²) in [5.74, 6) is 0.565. The minimum absolute atomic E-state index is 0.0805. The van der Waals surface area contributed by atoms with Crippen molar-refractivity contribution in [2.24, 2.45) is 16.5 Å². The molecule has 0 saturated heterocycles. The van der Waals surface area contributed by atoms with Crippen LogP contribution < -0.4 is 16.8 Å². The van der Waals surface area contributed by atoms with E-state index in [4.69, 9.17) is 11.5 Å². The third-order valence-electron chi connectivity index (χ3n) is 1.63. The summed E-state index contributed by atoms with van der Waals surface area (Å²) in [5, 5.41) is 13.0. The Hall–Kier alpha value is -2.22. The summed E-state index contributed by atoms with van der Waals surface area (Å²) in [5.41, 5.74) is 10.7. The van der Waals surface area contributed by atoms with Crippen LogP contribution in [0.3, 0.4) is 0 Å². The number of hydrogen-bond acceptors (Lipinski definition) is 5. The van der Waals surface area contributed by atoms with E-state index in [1.807, 2.05) is 0 Å². The molecule has 0 saturated carbocycles. The number of guanidine groups is 1. The van der Waals surface area contributed by atoms with E-state index in [9.17, 15) is 10.1 Å². The Morgan fingerprint density at radius 1 is 1.62 bits per heavy atom. The molecule has 0 atom stereocenters. The topological polar surface area (TPSA) is 132 Å². The largest absolute Gasteiger partial charge is 0.370 e. The zero-order chi connectivity index (χ0) is 12.0. The fourth-order valence-corrected chi connectivity index (χ4v) is 0.924. The lowest BCUT2D eigenvalue weighted by molar-refractivity contribution is -0.385. The first kappa shape index (κ1) is 11.9. The van der Waals surface area contributed by atoms with Crippen LogP contribution in [-0.2, 0) is 0 Å². The molecule has 0 amide bonds. The maximum atomic E-state index is 10.4. The lowest BCUT2D eigenvalue weighted by Crippen LogP contribution is -2.24. The molecular formula is C8H12N6O2. The van der Waals surface area contributed by atoms with Crippen molar-refractivity contribution in [3.05, 3.63) is 28.4 Å². The van der Waals surface area contributed by atoms with Gasteiger partial charge in [0.05, 0.1) is 11.5 Å².